The Morgan fingerprint density at radius 2 is 1.86 bits per heavy atom. The van der Waals surface area contributed by atoms with Crippen molar-refractivity contribution in [3.05, 3.63) is 59.4 Å². The molecule has 1 heterocycles. The fourth-order valence-electron chi connectivity index (χ4n) is 3.14. The highest BCUT2D eigenvalue weighted by molar-refractivity contribution is 5.65. The predicted molar refractivity (Wildman–Crippen MR) is 86.1 cm³/mol. The molecule has 110 valence electrons. The number of rotatable bonds is 3. The molecule has 0 bridgehead atoms. The van der Waals surface area contributed by atoms with Gasteiger partial charge in [0.25, 0.3) is 0 Å². The zero-order valence-corrected chi connectivity index (χ0v) is 12.5. The zero-order chi connectivity index (χ0) is 14.7. The highest BCUT2D eigenvalue weighted by Gasteiger charge is 2.16. The van der Waals surface area contributed by atoms with Gasteiger partial charge in [0.05, 0.1) is 0 Å². The Hall–Kier alpha value is -1.67. The number of piperidine rings is 1. The van der Waals surface area contributed by atoms with Gasteiger partial charge in [-0.05, 0) is 72.7 Å². The lowest BCUT2D eigenvalue weighted by Crippen LogP contribution is -2.26. The minimum atomic E-state index is -0.122. The monoisotopic (exact) mass is 283 g/mol. The Kier molecular flexibility index (Phi) is 4.35. The molecule has 0 aliphatic carbocycles. The van der Waals surface area contributed by atoms with E-state index in [4.69, 9.17) is 0 Å². The van der Waals surface area contributed by atoms with Crippen molar-refractivity contribution in [1.29, 1.82) is 0 Å². The van der Waals surface area contributed by atoms with Crippen LogP contribution in [0.1, 0.15) is 36.8 Å². The SMILES string of the molecule is CCc1cccc(-c2cc(F)cc(C3CCNCC3)c2)c1. The Labute approximate surface area is 126 Å². The van der Waals surface area contributed by atoms with Gasteiger partial charge in [0.15, 0.2) is 0 Å². The molecule has 1 N–H and O–H groups in total. The Bertz CT molecular complexity index is 615. The molecule has 1 fully saturated rings. The van der Waals surface area contributed by atoms with Crippen LogP contribution in [0.5, 0.6) is 0 Å². The molecule has 21 heavy (non-hydrogen) atoms. The second-order valence-electron chi connectivity index (χ2n) is 5.85. The molecule has 1 nitrogen and oxygen atoms in total. The molecule has 1 saturated heterocycles. The van der Waals surface area contributed by atoms with E-state index < -0.39 is 0 Å². The highest BCUT2D eigenvalue weighted by Crippen LogP contribution is 2.30. The van der Waals surface area contributed by atoms with Crippen molar-refractivity contribution < 1.29 is 4.39 Å². The van der Waals surface area contributed by atoms with E-state index in [1.165, 1.54) is 5.56 Å². The van der Waals surface area contributed by atoms with Crippen LogP contribution in [0, 0.1) is 5.82 Å². The molecule has 0 saturated carbocycles. The first kappa shape index (κ1) is 14.3. The summed E-state index contributed by atoms with van der Waals surface area (Å²) in [5.74, 6) is 0.359. The lowest BCUT2D eigenvalue weighted by atomic mass is 9.88. The number of hydrogen-bond donors (Lipinski definition) is 1. The average Bonchev–Trinajstić information content (AvgIpc) is 2.55. The largest absolute Gasteiger partial charge is 0.317 e. The number of halogens is 1. The lowest BCUT2D eigenvalue weighted by Gasteiger charge is -2.23. The van der Waals surface area contributed by atoms with Crippen LogP contribution in [0.25, 0.3) is 11.1 Å². The third kappa shape index (κ3) is 3.33. The van der Waals surface area contributed by atoms with Gasteiger partial charge in [0.1, 0.15) is 5.82 Å². The van der Waals surface area contributed by atoms with Crippen molar-refractivity contribution >= 4 is 0 Å². The van der Waals surface area contributed by atoms with E-state index in [9.17, 15) is 4.39 Å². The summed E-state index contributed by atoms with van der Waals surface area (Å²) < 4.78 is 14.0. The first-order valence-corrected chi connectivity index (χ1v) is 7.87. The van der Waals surface area contributed by atoms with Crippen LogP contribution in [-0.4, -0.2) is 13.1 Å². The Morgan fingerprint density at radius 3 is 2.62 bits per heavy atom. The molecule has 0 atom stereocenters. The molecule has 0 unspecified atom stereocenters. The molecule has 1 aliphatic heterocycles. The third-order valence-corrected chi connectivity index (χ3v) is 4.40. The maximum Gasteiger partial charge on any atom is 0.124 e. The van der Waals surface area contributed by atoms with Gasteiger partial charge < -0.3 is 5.32 Å². The van der Waals surface area contributed by atoms with Gasteiger partial charge >= 0.3 is 0 Å². The van der Waals surface area contributed by atoms with E-state index in [1.54, 1.807) is 12.1 Å². The van der Waals surface area contributed by atoms with Gasteiger partial charge in [-0.3, -0.25) is 0 Å². The summed E-state index contributed by atoms with van der Waals surface area (Å²) in [4.78, 5) is 0. The molecule has 3 rings (SSSR count). The van der Waals surface area contributed by atoms with Crippen LogP contribution in [0.3, 0.4) is 0 Å². The van der Waals surface area contributed by atoms with Gasteiger partial charge in [0.2, 0.25) is 0 Å². The van der Waals surface area contributed by atoms with Gasteiger partial charge in [0, 0.05) is 0 Å². The molecule has 1 aliphatic rings. The van der Waals surface area contributed by atoms with E-state index >= 15 is 0 Å². The van der Waals surface area contributed by atoms with Gasteiger partial charge in [-0.25, -0.2) is 4.39 Å². The number of benzene rings is 2. The zero-order valence-electron chi connectivity index (χ0n) is 12.5. The molecular formula is C19H22FN. The van der Waals surface area contributed by atoms with Crippen LogP contribution >= 0.6 is 0 Å². The van der Waals surface area contributed by atoms with Crippen LogP contribution in [-0.2, 0) is 6.42 Å². The highest BCUT2D eigenvalue weighted by atomic mass is 19.1. The molecule has 0 aromatic heterocycles. The normalized spacial score (nSPS) is 16.1. The van der Waals surface area contributed by atoms with E-state index in [1.807, 2.05) is 0 Å². The van der Waals surface area contributed by atoms with Crippen molar-refractivity contribution in [3.8, 4) is 11.1 Å². The minimum Gasteiger partial charge on any atom is -0.317 e. The molecule has 2 aromatic rings. The fourth-order valence-corrected chi connectivity index (χ4v) is 3.14. The predicted octanol–water partition coefficient (Wildman–Crippen LogP) is 4.52. The average molecular weight is 283 g/mol. The summed E-state index contributed by atoms with van der Waals surface area (Å²) in [5, 5.41) is 3.37. The first-order chi connectivity index (χ1) is 10.3. The summed E-state index contributed by atoms with van der Waals surface area (Å²) in [6.45, 7) is 4.20. The van der Waals surface area contributed by atoms with Gasteiger partial charge in [-0.1, -0.05) is 37.3 Å². The van der Waals surface area contributed by atoms with Crippen LogP contribution < -0.4 is 5.32 Å². The van der Waals surface area contributed by atoms with Crippen molar-refractivity contribution in [3.63, 3.8) is 0 Å². The molecule has 2 aromatic carbocycles. The van der Waals surface area contributed by atoms with E-state index in [0.717, 1.165) is 49.0 Å². The van der Waals surface area contributed by atoms with Crippen molar-refractivity contribution in [2.24, 2.45) is 0 Å². The summed E-state index contributed by atoms with van der Waals surface area (Å²) in [7, 11) is 0. The van der Waals surface area contributed by atoms with Crippen molar-refractivity contribution in [2.75, 3.05) is 13.1 Å². The quantitative estimate of drug-likeness (QED) is 0.873. The van der Waals surface area contributed by atoms with Crippen molar-refractivity contribution in [1.82, 2.24) is 5.32 Å². The summed E-state index contributed by atoms with van der Waals surface area (Å²) in [6.07, 6.45) is 3.19. The summed E-state index contributed by atoms with van der Waals surface area (Å²) in [6, 6.07) is 14.0. The topological polar surface area (TPSA) is 12.0 Å². The Balaban J connectivity index is 1.96. The molecule has 2 heteroatoms. The fraction of sp³-hybridized carbons (Fsp3) is 0.368. The minimum absolute atomic E-state index is 0.122. The summed E-state index contributed by atoms with van der Waals surface area (Å²) >= 11 is 0. The molecule has 0 amide bonds. The summed E-state index contributed by atoms with van der Waals surface area (Å²) in [5.41, 5.74) is 4.55. The maximum atomic E-state index is 14.0. The van der Waals surface area contributed by atoms with E-state index in [0.29, 0.717) is 5.92 Å². The number of aryl methyl sites for hydroxylation is 1. The van der Waals surface area contributed by atoms with Gasteiger partial charge in [-0.15, -0.1) is 0 Å². The Morgan fingerprint density at radius 1 is 1.05 bits per heavy atom. The number of hydrogen-bond acceptors (Lipinski definition) is 1. The molecule has 0 radical (unpaired) electrons. The van der Waals surface area contributed by atoms with Gasteiger partial charge in [-0.2, -0.15) is 0 Å². The smallest absolute Gasteiger partial charge is 0.124 e. The first-order valence-electron chi connectivity index (χ1n) is 7.87. The van der Waals surface area contributed by atoms with Crippen LogP contribution in [0.4, 0.5) is 4.39 Å². The van der Waals surface area contributed by atoms with Crippen LogP contribution in [0.15, 0.2) is 42.5 Å². The van der Waals surface area contributed by atoms with Crippen molar-refractivity contribution in [2.45, 2.75) is 32.1 Å². The second kappa shape index (κ2) is 6.40. The van der Waals surface area contributed by atoms with E-state index in [2.05, 4.69) is 42.6 Å². The lowest BCUT2D eigenvalue weighted by molar-refractivity contribution is 0.458. The number of nitrogens with one attached hydrogen (secondary N) is 1. The van der Waals surface area contributed by atoms with Crippen LogP contribution in [0.2, 0.25) is 0 Å². The maximum absolute atomic E-state index is 14.0. The second-order valence-corrected chi connectivity index (χ2v) is 5.85. The standard InChI is InChI=1S/C19H22FN/c1-2-14-4-3-5-16(10-14)18-11-17(12-19(20)13-18)15-6-8-21-9-7-15/h3-5,10-13,15,21H,2,6-9H2,1H3. The van der Waals surface area contributed by atoms with E-state index in [-0.39, 0.29) is 5.82 Å². The molecular weight excluding hydrogens is 261 g/mol. The molecule has 0 spiro atoms. The third-order valence-electron chi connectivity index (χ3n) is 4.40.